The lowest BCUT2D eigenvalue weighted by Crippen LogP contribution is -2.19. The quantitative estimate of drug-likeness (QED) is 0.512. The van der Waals surface area contributed by atoms with E-state index in [2.05, 4.69) is 0 Å². The summed E-state index contributed by atoms with van der Waals surface area (Å²) in [5.74, 6) is 0.264. The lowest BCUT2D eigenvalue weighted by atomic mass is 10.1. The van der Waals surface area contributed by atoms with Crippen LogP contribution in [0.5, 0.6) is 0 Å². The molecule has 0 radical (unpaired) electrons. The molecule has 0 aliphatic heterocycles. The van der Waals surface area contributed by atoms with Crippen molar-refractivity contribution in [3.05, 3.63) is 21.5 Å². The van der Waals surface area contributed by atoms with Gasteiger partial charge in [0.05, 0.1) is 3.58 Å². The molecule has 1 atom stereocenters. The van der Waals surface area contributed by atoms with Gasteiger partial charge in [-0.25, -0.2) is 0 Å². The Morgan fingerprint density at radius 1 is 1.60 bits per heavy atom. The van der Waals surface area contributed by atoms with Gasteiger partial charge in [0, 0.05) is 6.42 Å². The van der Waals surface area contributed by atoms with Crippen LogP contribution in [0.1, 0.15) is 6.42 Å². The molecule has 4 heteroatoms. The fourth-order valence-corrected chi connectivity index (χ4v) is 1.59. The normalized spacial score (nSPS) is 33.1. The predicted octanol–water partition coefficient (Wildman–Crippen LogP) is 2.27. The van der Waals surface area contributed by atoms with Crippen molar-refractivity contribution in [2.45, 2.75) is 10.0 Å². The van der Waals surface area contributed by atoms with Gasteiger partial charge in [-0.15, -0.1) is 0 Å². The molecule has 0 bridgehead atoms. The summed E-state index contributed by atoms with van der Waals surface area (Å²) >= 11 is 3.92. The topological polar surface area (TPSA) is 40.5 Å². The second-order valence-corrected chi connectivity index (χ2v) is 5.15. The molecule has 0 amide bonds. The van der Waals surface area contributed by atoms with E-state index in [1.807, 2.05) is 45.2 Å². The molecule has 0 spiro atoms. The van der Waals surface area contributed by atoms with Crippen molar-refractivity contribution in [3.8, 4) is 0 Å². The standard InChI is InChI=1S/C6H6I2O2/c7-4-1-2-6(8,10)3-5(4)9/h1-2,9-10H,3H2. The average Bonchev–Trinajstić information content (AvgIpc) is 1.79. The smallest absolute Gasteiger partial charge is 0.141 e. The second kappa shape index (κ2) is 2.98. The highest BCUT2D eigenvalue weighted by atomic mass is 127. The summed E-state index contributed by atoms with van der Waals surface area (Å²) in [5.41, 5.74) is 0. The maximum Gasteiger partial charge on any atom is 0.141 e. The minimum atomic E-state index is -0.892. The number of allylic oxidation sites excluding steroid dienone is 2. The number of hydrogen-bond donors (Lipinski definition) is 2. The molecule has 0 saturated heterocycles. The summed E-state index contributed by atoms with van der Waals surface area (Å²) in [6.07, 6.45) is 3.70. The summed E-state index contributed by atoms with van der Waals surface area (Å²) in [6, 6.07) is 0. The molecular formula is C6H6I2O2. The highest BCUT2D eigenvalue weighted by Crippen LogP contribution is 2.32. The van der Waals surface area contributed by atoms with Crippen LogP contribution in [0.3, 0.4) is 0 Å². The Labute approximate surface area is 86.3 Å². The summed E-state index contributed by atoms with van der Waals surface area (Å²) in [5, 5.41) is 18.5. The lowest BCUT2D eigenvalue weighted by molar-refractivity contribution is 0.183. The Balaban J connectivity index is 2.85. The van der Waals surface area contributed by atoms with Crippen molar-refractivity contribution >= 4 is 45.2 Å². The Morgan fingerprint density at radius 2 is 2.20 bits per heavy atom. The van der Waals surface area contributed by atoms with Gasteiger partial charge in [0.15, 0.2) is 0 Å². The van der Waals surface area contributed by atoms with Gasteiger partial charge in [0.25, 0.3) is 0 Å². The first-order valence-electron chi connectivity index (χ1n) is 2.69. The van der Waals surface area contributed by atoms with E-state index < -0.39 is 3.61 Å². The first kappa shape index (κ1) is 8.79. The fraction of sp³-hybridized carbons (Fsp3) is 0.333. The second-order valence-electron chi connectivity index (χ2n) is 2.12. The molecule has 0 aromatic heterocycles. The monoisotopic (exact) mass is 364 g/mol. The third-order valence-corrected chi connectivity index (χ3v) is 2.90. The maximum absolute atomic E-state index is 9.36. The Kier molecular flexibility index (Phi) is 2.62. The zero-order chi connectivity index (χ0) is 7.78. The van der Waals surface area contributed by atoms with Gasteiger partial charge >= 0.3 is 0 Å². The van der Waals surface area contributed by atoms with Gasteiger partial charge < -0.3 is 10.2 Å². The molecule has 2 N–H and O–H groups in total. The molecule has 0 fully saturated rings. The Hall–Kier alpha value is 0.700. The van der Waals surface area contributed by atoms with Crippen LogP contribution in [0.2, 0.25) is 0 Å². The van der Waals surface area contributed by atoms with Crippen molar-refractivity contribution in [1.29, 1.82) is 0 Å². The van der Waals surface area contributed by atoms with E-state index in [1.165, 1.54) is 0 Å². The highest BCUT2D eigenvalue weighted by molar-refractivity contribution is 14.1. The number of rotatable bonds is 0. The number of aliphatic hydroxyl groups is 2. The van der Waals surface area contributed by atoms with E-state index >= 15 is 0 Å². The molecule has 56 valence electrons. The minimum Gasteiger partial charge on any atom is -0.511 e. The molecule has 10 heavy (non-hydrogen) atoms. The highest BCUT2D eigenvalue weighted by Gasteiger charge is 2.24. The SMILES string of the molecule is OC1=C(I)C=CC(O)(I)C1. The number of hydrogen-bond acceptors (Lipinski definition) is 2. The third-order valence-electron chi connectivity index (χ3n) is 1.18. The van der Waals surface area contributed by atoms with Crippen molar-refractivity contribution < 1.29 is 10.2 Å². The number of alkyl halides is 1. The Morgan fingerprint density at radius 3 is 2.60 bits per heavy atom. The van der Waals surface area contributed by atoms with Crippen molar-refractivity contribution in [3.63, 3.8) is 0 Å². The molecule has 1 aliphatic rings. The van der Waals surface area contributed by atoms with Crippen LogP contribution < -0.4 is 0 Å². The van der Waals surface area contributed by atoms with E-state index in [9.17, 15) is 5.11 Å². The van der Waals surface area contributed by atoms with Gasteiger partial charge in [0.1, 0.15) is 9.37 Å². The van der Waals surface area contributed by atoms with Gasteiger partial charge in [-0.05, 0) is 57.3 Å². The molecule has 1 aliphatic carbocycles. The Bertz CT molecular complexity index is 206. The van der Waals surface area contributed by atoms with Crippen molar-refractivity contribution in [1.82, 2.24) is 0 Å². The first-order chi connectivity index (χ1) is 4.51. The largest absolute Gasteiger partial charge is 0.511 e. The molecule has 0 aromatic rings. The first-order valence-corrected chi connectivity index (χ1v) is 4.85. The zero-order valence-electron chi connectivity index (χ0n) is 5.01. The summed E-state index contributed by atoms with van der Waals surface area (Å²) in [6.45, 7) is 0. The fourth-order valence-electron chi connectivity index (χ4n) is 0.675. The molecule has 1 rings (SSSR count). The van der Waals surface area contributed by atoms with Crippen LogP contribution in [-0.4, -0.2) is 13.8 Å². The van der Waals surface area contributed by atoms with Crippen LogP contribution in [0.4, 0.5) is 0 Å². The summed E-state index contributed by atoms with van der Waals surface area (Å²) < 4.78 is -0.0878. The van der Waals surface area contributed by atoms with Crippen molar-refractivity contribution in [2.24, 2.45) is 0 Å². The van der Waals surface area contributed by atoms with Gasteiger partial charge in [0.2, 0.25) is 0 Å². The van der Waals surface area contributed by atoms with E-state index in [-0.39, 0.29) is 5.76 Å². The zero-order valence-corrected chi connectivity index (χ0v) is 9.33. The van der Waals surface area contributed by atoms with E-state index in [0.29, 0.717) is 6.42 Å². The van der Waals surface area contributed by atoms with E-state index in [4.69, 9.17) is 5.11 Å². The molecule has 0 heterocycles. The van der Waals surface area contributed by atoms with Gasteiger partial charge in [-0.3, -0.25) is 0 Å². The molecule has 1 unspecified atom stereocenters. The van der Waals surface area contributed by atoms with Crippen LogP contribution in [0.25, 0.3) is 0 Å². The van der Waals surface area contributed by atoms with Crippen LogP contribution >= 0.6 is 45.2 Å². The van der Waals surface area contributed by atoms with Crippen LogP contribution in [-0.2, 0) is 0 Å². The number of halogens is 2. The van der Waals surface area contributed by atoms with Crippen molar-refractivity contribution in [2.75, 3.05) is 0 Å². The van der Waals surface area contributed by atoms with Gasteiger partial charge in [-0.1, -0.05) is 0 Å². The minimum absolute atomic E-state index is 0.264. The summed E-state index contributed by atoms with van der Waals surface area (Å²) in [4.78, 5) is 0. The van der Waals surface area contributed by atoms with Crippen LogP contribution in [0.15, 0.2) is 21.5 Å². The average molecular weight is 364 g/mol. The molecule has 2 nitrogen and oxygen atoms in total. The van der Waals surface area contributed by atoms with Crippen LogP contribution in [0, 0.1) is 0 Å². The third kappa shape index (κ3) is 2.09. The predicted molar refractivity (Wildman–Crippen MR) is 56.4 cm³/mol. The molecule has 0 saturated carbocycles. The molecule has 0 aromatic carbocycles. The number of aliphatic hydroxyl groups excluding tert-OH is 1. The van der Waals surface area contributed by atoms with E-state index in [1.54, 1.807) is 12.2 Å². The van der Waals surface area contributed by atoms with E-state index in [0.717, 1.165) is 3.58 Å². The maximum atomic E-state index is 9.36. The summed E-state index contributed by atoms with van der Waals surface area (Å²) in [7, 11) is 0. The lowest BCUT2D eigenvalue weighted by Gasteiger charge is -2.20. The van der Waals surface area contributed by atoms with Gasteiger partial charge in [-0.2, -0.15) is 0 Å². The molecular weight excluding hydrogens is 358 g/mol.